The van der Waals surface area contributed by atoms with Crippen LogP contribution in [0.1, 0.15) is 32.5 Å². The maximum absolute atomic E-state index is 4.19. The third-order valence-electron chi connectivity index (χ3n) is 1.71. The van der Waals surface area contributed by atoms with Crippen LogP contribution >= 0.6 is 15.9 Å². The van der Waals surface area contributed by atoms with Crippen molar-refractivity contribution in [1.82, 2.24) is 9.55 Å². The van der Waals surface area contributed by atoms with Gasteiger partial charge in [-0.25, -0.2) is 4.98 Å². The van der Waals surface area contributed by atoms with Gasteiger partial charge in [0.1, 0.15) is 0 Å². The maximum Gasteiger partial charge on any atom is 0.177 e. The van der Waals surface area contributed by atoms with Crippen molar-refractivity contribution in [3.8, 4) is 0 Å². The molecular weight excluding hydrogens is 204 g/mol. The van der Waals surface area contributed by atoms with Crippen molar-refractivity contribution in [1.29, 1.82) is 0 Å². The summed E-state index contributed by atoms with van der Waals surface area (Å²) in [5, 5.41) is 0. The third kappa shape index (κ3) is 1.64. The van der Waals surface area contributed by atoms with Crippen LogP contribution in [0.15, 0.2) is 10.9 Å². The van der Waals surface area contributed by atoms with Crippen molar-refractivity contribution in [2.45, 2.75) is 33.2 Å². The minimum atomic E-state index is 0.488. The number of rotatable bonds is 2. The highest BCUT2D eigenvalue weighted by Gasteiger charge is 2.07. The predicted molar refractivity (Wildman–Crippen MR) is 49.7 cm³/mol. The topological polar surface area (TPSA) is 17.8 Å². The number of aryl methyl sites for hydroxylation is 1. The van der Waals surface area contributed by atoms with E-state index in [-0.39, 0.29) is 0 Å². The highest BCUT2D eigenvalue weighted by molar-refractivity contribution is 9.10. The number of nitrogens with zero attached hydrogens (tertiary/aromatic N) is 2. The standard InChI is InChI=1S/C8H13BrN2/c1-4-7-5-10-8(9)11(7)6(2)3/h5-6H,4H2,1-3H3. The number of aromatic nitrogens is 2. The van der Waals surface area contributed by atoms with Crippen LogP contribution < -0.4 is 0 Å². The first-order valence-corrected chi connectivity index (χ1v) is 4.67. The van der Waals surface area contributed by atoms with E-state index in [0.717, 1.165) is 11.2 Å². The van der Waals surface area contributed by atoms with Crippen molar-refractivity contribution in [3.63, 3.8) is 0 Å². The van der Waals surface area contributed by atoms with Gasteiger partial charge in [-0.2, -0.15) is 0 Å². The van der Waals surface area contributed by atoms with E-state index in [4.69, 9.17) is 0 Å². The molecule has 0 spiro atoms. The molecule has 0 N–H and O–H groups in total. The van der Waals surface area contributed by atoms with Gasteiger partial charge in [-0.15, -0.1) is 0 Å². The molecule has 0 saturated carbocycles. The molecule has 1 heterocycles. The Morgan fingerprint density at radius 3 is 2.64 bits per heavy atom. The third-order valence-corrected chi connectivity index (χ3v) is 2.29. The Hall–Kier alpha value is -0.310. The summed E-state index contributed by atoms with van der Waals surface area (Å²) in [6.45, 7) is 6.46. The van der Waals surface area contributed by atoms with Gasteiger partial charge in [-0.1, -0.05) is 6.92 Å². The van der Waals surface area contributed by atoms with Crippen molar-refractivity contribution in [3.05, 3.63) is 16.6 Å². The molecule has 11 heavy (non-hydrogen) atoms. The van der Waals surface area contributed by atoms with Gasteiger partial charge in [0, 0.05) is 17.9 Å². The van der Waals surface area contributed by atoms with Crippen molar-refractivity contribution in [2.24, 2.45) is 0 Å². The zero-order valence-electron chi connectivity index (χ0n) is 7.13. The highest BCUT2D eigenvalue weighted by atomic mass is 79.9. The van der Waals surface area contributed by atoms with Crippen LogP contribution in [0, 0.1) is 0 Å². The largest absolute Gasteiger partial charge is 0.320 e. The van der Waals surface area contributed by atoms with Gasteiger partial charge >= 0.3 is 0 Å². The second-order valence-electron chi connectivity index (χ2n) is 2.84. The molecule has 1 aromatic heterocycles. The molecule has 0 fully saturated rings. The van der Waals surface area contributed by atoms with Crippen molar-refractivity contribution < 1.29 is 0 Å². The quantitative estimate of drug-likeness (QED) is 0.744. The van der Waals surface area contributed by atoms with E-state index in [1.807, 2.05) is 6.20 Å². The monoisotopic (exact) mass is 216 g/mol. The first-order valence-electron chi connectivity index (χ1n) is 3.88. The number of halogens is 1. The van der Waals surface area contributed by atoms with Crippen LogP contribution in [-0.2, 0) is 6.42 Å². The molecule has 62 valence electrons. The molecule has 0 atom stereocenters. The molecule has 0 unspecified atom stereocenters. The van der Waals surface area contributed by atoms with Crippen LogP contribution in [0.2, 0.25) is 0 Å². The number of hydrogen-bond donors (Lipinski definition) is 0. The molecule has 3 heteroatoms. The molecule has 0 saturated heterocycles. The molecule has 0 radical (unpaired) electrons. The molecule has 0 aromatic carbocycles. The first kappa shape index (κ1) is 8.78. The molecule has 0 aliphatic heterocycles. The lowest BCUT2D eigenvalue weighted by Crippen LogP contribution is -2.04. The first-order chi connectivity index (χ1) is 5.16. The lowest BCUT2D eigenvalue weighted by molar-refractivity contribution is 0.564. The zero-order valence-corrected chi connectivity index (χ0v) is 8.72. The van der Waals surface area contributed by atoms with Crippen LogP contribution in [0.25, 0.3) is 0 Å². The second-order valence-corrected chi connectivity index (χ2v) is 3.55. The molecule has 0 aliphatic carbocycles. The van der Waals surface area contributed by atoms with Crippen LogP contribution in [0.3, 0.4) is 0 Å². The Labute approximate surface area is 75.8 Å². The molecule has 0 amide bonds. The van der Waals surface area contributed by atoms with Gasteiger partial charge in [0.2, 0.25) is 0 Å². The van der Waals surface area contributed by atoms with E-state index < -0.39 is 0 Å². The lowest BCUT2D eigenvalue weighted by Gasteiger charge is -2.11. The Bertz CT molecular complexity index is 240. The molecule has 0 bridgehead atoms. The fourth-order valence-corrected chi connectivity index (χ4v) is 1.92. The Kier molecular flexibility index (Phi) is 2.71. The van der Waals surface area contributed by atoms with Gasteiger partial charge in [0.15, 0.2) is 4.73 Å². The van der Waals surface area contributed by atoms with Crippen LogP contribution in [0.4, 0.5) is 0 Å². The summed E-state index contributed by atoms with van der Waals surface area (Å²) in [6.07, 6.45) is 2.96. The average molecular weight is 217 g/mol. The Morgan fingerprint density at radius 2 is 2.27 bits per heavy atom. The smallest absolute Gasteiger partial charge is 0.177 e. The molecule has 1 rings (SSSR count). The van der Waals surface area contributed by atoms with Crippen LogP contribution in [-0.4, -0.2) is 9.55 Å². The minimum Gasteiger partial charge on any atom is -0.320 e. The van der Waals surface area contributed by atoms with Crippen molar-refractivity contribution in [2.75, 3.05) is 0 Å². The van der Waals surface area contributed by atoms with Gasteiger partial charge in [-0.3, -0.25) is 0 Å². The Balaban J connectivity index is 3.07. The van der Waals surface area contributed by atoms with Crippen molar-refractivity contribution >= 4 is 15.9 Å². The molecular formula is C8H13BrN2. The molecule has 2 nitrogen and oxygen atoms in total. The lowest BCUT2D eigenvalue weighted by atomic mass is 10.3. The SMILES string of the molecule is CCc1cnc(Br)n1C(C)C. The summed E-state index contributed by atoms with van der Waals surface area (Å²) < 4.78 is 3.13. The van der Waals surface area contributed by atoms with E-state index in [1.165, 1.54) is 5.69 Å². The normalized spacial score (nSPS) is 11.0. The second kappa shape index (κ2) is 3.39. The summed E-state index contributed by atoms with van der Waals surface area (Å²) in [7, 11) is 0. The van der Waals surface area contributed by atoms with E-state index in [0.29, 0.717) is 6.04 Å². The predicted octanol–water partition coefficient (Wildman–Crippen LogP) is 2.79. The molecule has 1 aromatic rings. The summed E-state index contributed by atoms with van der Waals surface area (Å²) in [4.78, 5) is 4.19. The van der Waals surface area contributed by atoms with Gasteiger partial charge in [-0.05, 0) is 36.2 Å². The minimum absolute atomic E-state index is 0.488. The van der Waals surface area contributed by atoms with Gasteiger partial charge in [0.25, 0.3) is 0 Å². The summed E-state index contributed by atoms with van der Waals surface area (Å²) in [5.74, 6) is 0. The highest BCUT2D eigenvalue weighted by Crippen LogP contribution is 2.18. The maximum atomic E-state index is 4.19. The average Bonchev–Trinajstić information content (AvgIpc) is 2.30. The fourth-order valence-electron chi connectivity index (χ4n) is 1.18. The molecule has 0 aliphatic rings. The number of hydrogen-bond acceptors (Lipinski definition) is 1. The van der Waals surface area contributed by atoms with Gasteiger partial charge < -0.3 is 4.57 Å². The fraction of sp³-hybridized carbons (Fsp3) is 0.625. The van der Waals surface area contributed by atoms with Crippen LogP contribution in [0.5, 0.6) is 0 Å². The Morgan fingerprint density at radius 1 is 1.64 bits per heavy atom. The van der Waals surface area contributed by atoms with E-state index in [2.05, 4.69) is 46.3 Å². The van der Waals surface area contributed by atoms with E-state index >= 15 is 0 Å². The van der Waals surface area contributed by atoms with E-state index in [1.54, 1.807) is 0 Å². The summed E-state index contributed by atoms with van der Waals surface area (Å²) in [6, 6.07) is 0.488. The van der Waals surface area contributed by atoms with Gasteiger partial charge in [0.05, 0.1) is 0 Å². The summed E-state index contributed by atoms with van der Waals surface area (Å²) >= 11 is 3.41. The van der Waals surface area contributed by atoms with E-state index in [9.17, 15) is 0 Å². The summed E-state index contributed by atoms with van der Waals surface area (Å²) in [5.41, 5.74) is 1.28. The number of imidazole rings is 1. The zero-order chi connectivity index (χ0) is 8.43.